The van der Waals surface area contributed by atoms with Gasteiger partial charge in [-0.05, 0) is 23.8 Å². The molecule has 2 N–H and O–H groups in total. The number of hydrogen-bond acceptors (Lipinski definition) is 6. The van der Waals surface area contributed by atoms with Crippen molar-refractivity contribution < 1.29 is 9.53 Å². The molecule has 0 aliphatic carbocycles. The highest BCUT2D eigenvalue weighted by Gasteiger charge is 2.02. The smallest absolute Gasteiger partial charge is 0.412 e. The molecular formula is C12H13N5O2. The fourth-order valence-electron chi connectivity index (χ4n) is 1.34. The van der Waals surface area contributed by atoms with E-state index in [4.69, 9.17) is 0 Å². The Kier molecular flexibility index (Phi) is 4.22. The Morgan fingerprint density at radius 1 is 1.26 bits per heavy atom. The molecule has 0 fully saturated rings. The number of nitrogens with zero attached hydrogens (tertiary/aromatic N) is 3. The van der Waals surface area contributed by atoms with E-state index in [1.54, 1.807) is 24.5 Å². The van der Waals surface area contributed by atoms with Gasteiger partial charge in [0, 0.05) is 18.9 Å². The largest absolute Gasteiger partial charge is 0.453 e. The van der Waals surface area contributed by atoms with Gasteiger partial charge in [0.2, 0.25) is 0 Å². The van der Waals surface area contributed by atoms with Crippen LogP contribution in [0.4, 0.5) is 16.4 Å². The summed E-state index contributed by atoms with van der Waals surface area (Å²) in [5.74, 6) is 0.943. The lowest BCUT2D eigenvalue weighted by atomic mass is 10.3. The van der Waals surface area contributed by atoms with E-state index in [2.05, 4.69) is 30.6 Å². The van der Waals surface area contributed by atoms with Crippen molar-refractivity contribution in [2.24, 2.45) is 0 Å². The number of nitrogens with one attached hydrogen (secondary N) is 2. The summed E-state index contributed by atoms with van der Waals surface area (Å²) in [7, 11) is 1.28. The number of aromatic nitrogens is 3. The van der Waals surface area contributed by atoms with Crippen LogP contribution in [0.15, 0.2) is 36.7 Å². The van der Waals surface area contributed by atoms with Crippen molar-refractivity contribution in [3.8, 4) is 0 Å². The van der Waals surface area contributed by atoms with E-state index in [1.165, 1.54) is 7.11 Å². The van der Waals surface area contributed by atoms with Gasteiger partial charge in [-0.2, -0.15) is 0 Å². The maximum Gasteiger partial charge on any atom is 0.412 e. The summed E-state index contributed by atoms with van der Waals surface area (Å²) >= 11 is 0. The molecule has 2 rings (SSSR count). The summed E-state index contributed by atoms with van der Waals surface area (Å²) in [6.45, 7) is 0.603. The molecule has 0 spiro atoms. The highest BCUT2D eigenvalue weighted by Crippen LogP contribution is 2.07. The lowest BCUT2D eigenvalue weighted by Gasteiger charge is -2.05. The van der Waals surface area contributed by atoms with Gasteiger partial charge in [0.1, 0.15) is 5.82 Å². The van der Waals surface area contributed by atoms with E-state index >= 15 is 0 Å². The van der Waals surface area contributed by atoms with Crippen LogP contribution >= 0.6 is 0 Å². The van der Waals surface area contributed by atoms with Gasteiger partial charge in [-0.1, -0.05) is 6.07 Å². The van der Waals surface area contributed by atoms with Crippen molar-refractivity contribution in [1.82, 2.24) is 15.2 Å². The Bertz CT molecular complexity index is 530. The van der Waals surface area contributed by atoms with Gasteiger partial charge in [-0.25, -0.2) is 4.79 Å². The van der Waals surface area contributed by atoms with Gasteiger partial charge in [-0.15, -0.1) is 10.2 Å². The molecule has 2 heterocycles. The molecule has 1 amide bonds. The number of ether oxygens (including phenoxy) is 1. The zero-order chi connectivity index (χ0) is 13.5. The first-order chi connectivity index (χ1) is 9.28. The van der Waals surface area contributed by atoms with Crippen molar-refractivity contribution in [1.29, 1.82) is 0 Å². The molecule has 2 aromatic heterocycles. The molecular weight excluding hydrogens is 246 g/mol. The minimum Gasteiger partial charge on any atom is -0.453 e. The normalized spacial score (nSPS) is 9.74. The molecule has 0 aromatic carbocycles. The molecule has 0 aliphatic rings. The number of methoxy groups -OCH3 is 1. The molecule has 0 saturated heterocycles. The van der Waals surface area contributed by atoms with Crippen LogP contribution in [-0.2, 0) is 11.3 Å². The molecule has 0 atom stereocenters. The SMILES string of the molecule is COC(=O)Nc1ccc(NCc2cccnc2)nn1. The number of rotatable bonds is 4. The van der Waals surface area contributed by atoms with Crippen LogP contribution < -0.4 is 10.6 Å². The first-order valence-corrected chi connectivity index (χ1v) is 5.59. The first kappa shape index (κ1) is 12.7. The van der Waals surface area contributed by atoms with E-state index in [9.17, 15) is 4.79 Å². The Balaban J connectivity index is 1.90. The Morgan fingerprint density at radius 3 is 2.68 bits per heavy atom. The predicted molar refractivity (Wildman–Crippen MR) is 69.6 cm³/mol. The molecule has 0 unspecified atom stereocenters. The van der Waals surface area contributed by atoms with E-state index in [0.717, 1.165) is 5.56 Å². The van der Waals surface area contributed by atoms with Crippen molar-refractivity contribution in [3.63, 3.8) is 0 Å². The second-order valence-corrected chi connectivity index (χ2v) is 3.64. The number of carbonyl (C=O) groups excluding carboxylic acids is 1. The quantitative estimate of drug-likeness (QED) is 0.868. The third kappa shape index (κ3) is 3.91. The second-order valence-electron chi connectivity index (χ2n) is 3.64. The molecule has 2 aromatic rings. The number of pyridine rings is 1. The lowest BCUT2D eigenvalue weighted by Crippen LogP contribution is -2.13. The third-order valence-corrected chi connectivity index (χ3v) is 2.28. The summed E-state index contributed by atoms with van der Waals surface area (Å²) in [4.78, 5) is 15.0. The molecule has 7 heteroatoms. The van der Waals surface area contributed by atoms with Crippen LogP contribution in [0.2, 0.25) is 0 Å². The zero-order valence-corrected chi connectivity index (χ0v) is 10.3. The average Bonchev–Trinajstić information content (AvgIpc) is 2.47. The van der Waals surface area contributed by atoms with Gasteiger partial charge in [0.15, 0.2) is 5.82 Å². The Morgan fingerprint density at radius 2 is 2.05 bits per heavy atom. The number of amides is 1. The Labute approximate surface area is 110 Å². The summed E-state index contributed by atoms with van der Waals surface area (Å²) in [5.41, 5.74) is 1.04. The first-order valence-electron chi connectivity index (χ1n) is 5.59. The summed E-state index contributed by atoms with van der Waals surface area (Å²) in [6, 6.07) is 7.18. The number of hydrogen-bond donors (Lipinski definition) is 2. The molecule has 7 nitrogen and oxygen atoms in total. The van der Waals surface area contributed by atoms with E-state index in [-0.39, 0.29) is 0 Å². The molecule has 98 valence electrons. The highest BCUT2D eigenvalue weighted by atomic mass is 16.5. The van der Waals surface area contributed by atoms with Crippen molar-refractivity contribution in [2.75, 3.05) is 17.7 Å². The minimum atomic E-state index is -0.578. The van der Waals surface area contributed by atoms with Crippen molar-refractivity contribution >= 4 is 17.7 Å². The summed E-state index contributed by atoms with van der Waals surface area (Å²) in [5, 5.41) is 13.3. The molecule has 0 radical (unpaired) electrons. The maximum atomic E-state index is 11.0. The molecule has 19 heavy (non-hydrogen) atoms. The van der Waals surface area contributed by atoms with Gasteiger partial charge in [0.05, 0.1) is 7.11 Å². The van der Waals surface area contributed by atoms with Crippen LogP contribution in [0.1, 0.15) is 5.56 Å². The minimum absolute atomic E-state index is 0.332. The lowest BCUT2D eigenvalue weighted by molar-refractivity contribution is 0.187. The van der Waals surface area contributed by atoms with Gasteiger partial charge in [0.25, 0.3) is 0 Å². The average molecular weight is 259 g/mol. The van der Waals surface area contributed by atoms with E-state index < -0.39 is 6.09 Å². The summed E-state index contributed by atoms with van der Waals surface area (Å²) < 4.78 is 4.45. The topological polar surface area (TPSA) is 89.0 Å². The van der Waals surface area contributed by atoms with Crippen LogP contribution in [0.5, 0.6) is 0 Å². The fraction of sp³-hybridized carbons (Fsp3) is 0.167. The standard InChI is InChI=1S/C12H13N5O2/c1-19-12(18)15-11-5-4-10(16-17-11)14-8-9-3-2-6-13-7-9/h2-7H,8H2,1H3,(H,14,16)(H,15,17,18). The van der Waals surface area contributed by atoms with E-state index in [1.807, 2.05) is 12.1 Å². The van der Waals surface area contributed by atoms with Crippen molar-refractivity contribution in [3.05, 3.63) is 42.2 Å². The van der Waals surface area contributed by atoms with Crippen LogP contribution in [0, 0.1) is 0 Å². The number of carbonyl (C=O) groups is 1. The second kappa shape index (κ2) is 6.29. The van der Waals surface area contributed by atoms with Crippen LogP contribution in [-0.4, -0.2) is 28.4 Å². The van der Waals surface area contributed by atoms with Gasteiger partial charge >= 0.3 is 6.09 Å². The van der Waals surface area contributed by atoms with Crippen molar-refractivity contribution in [2.45, 2.75) is 6.54 Å². The van der Waals surface area contributed by atoms with Crippen LogP contribution in [0.25, 0.3) is 0 Å². The fourth-order valence-corrected chi connectivity index (χ4v) is 1.34. The zero-order valence-electron chi connectivity index (χ0n) is 10.3. The summed E-state index contributed by atoms with van der Waals surface area (Å²) in [6.07, 6.45) is 2.91. The monoisotopic (exact) mass is 259 g/mol. The highest BCUT2D eigenvalue weighted by molar-refractivity contribution is 5.83. The Hall–Kier alpha value is -2.70. The predicted octanol–water partition coefficient (Wildman–Crippen LogP) is 1.66. The van der Waals surface area contributed by atoms with Gasteiger partial charge < -0.3 is 10.1 Å². The number of anilines is 2. The molecule has 0 aliphatic heterocycles. The maximum absolute atomic E-state index is 11.0. The third-order valence-electron chi connectivity index (χ3n) is 2.28. The van der Waals surface area contributed by atoms with E-state index in [0.29, 0.717) is 18.2 Å². The van der Waals surface area contributed by atoms with Gasteiger partial charge in [-0.3, -0.25) is 10.3 Å². The molecule has 0 saturated carbocycles. The van der Waals surface area contributed by atoms with Crippen LogP contribution in [0.3, 0.4) is 0 Å². The molecule has 0 bridgehead atoms.